The third-order valence-electron chi connectivity index (χ3n) is 5.18. The van der Waals surface area contributed by atoms with Crippen molar-refractivity contribution in [1.29, 1.82) is 5.26 Å². The van der Waals surface area contributed by atoms with Gasteiger partial charge in [0.05, 0.1) is 25.1 Å². The van der Waals surface area contributed by atoms with Gasteiger partial charge in [0.25, 0.3) is 5.56 Å². The van der Waals surface area contributed by atoms with E-state index >= 15 is 0 Å². The van der Waals surface area contributed by atoms with Crippen LogP contribution in [0.15, 0.2) is 14.6 Å². The van der Waals surface area contributed by atoms with Crippen LogP contribution in [0.25, 0.3) is 10.2 Å². The van der Waals surface area contributed by atoms with Gasteiger partial charge < -0.3 is 15.0 Å². The summed E-state index contributed by atoms with van der Waals surface area (Å²) in [6.07, 6.45) is -3.04. The molecule has 0 aliphatic carbocycles. The Bertz CT molecular complexity index is 1170. The zero-order valence-electron chi connectivity index (χ0n) is 17.1. The molecule has 0 spiro atoms. The van der Waals surface area contributed by atoms with Crippen molar-refractivity contribution in [1.82, 2.24) is 19.4 Å². The standard InChI is InChI=1S/C18H21F3N6O3S/c1-10-12(8-25-5-4-23-16(25)24-9-22)31-15-13(10)14(28)27(11(2)18(19,20)21)17(29)26(15)6-7-30-3/h11H,4-8H2,1-3H3,(H,23,24). The normalized spacial score (nSPS) is 16.7. The number of methoxy groups -OCH3 is 1. The second-order valence-electron chi connectivity index (χ2n) is 7.03. The highest BCUT2D eigenvalue weighted by molar-refractivity contribution is 7.18. The van der Waals surface area contributed by atoms with Crippen molar-refractivity contribution in [2.45, 2.75) is 39.2 Å². The lowest BCUT2D eigenvalue weighted by Gasteiger charge is -2.19. The molecule has 2 aromatic heterocycles. The molecule has 1 unspecified atom stereocenters. The van der Waals surface area contributed by atoms with Crippen LogP contribution in [0.4, 0.5) is 13.2 Å². The number of nitriles is 1. The molecule has 2 aromatic rings. The van der Waals surface area contributed by atoms with Crippen LogP contribution in [-0.2, 0) is 17.8 Å². The number of hydrogen-bond acceptors (Lipinski definition) is 6. The van der Waals surface area contributed by atoms with E-state index in [2.05, 4.69) is 10.3 Å². The Morgan fingerprint density at radius 3 is 2.71 bits per heavy atom. The zero-order valence-corrected chi connectivity index (χ0v) is 17.9. The summed E-state index contributed by atoms with van der Waals surface area (Å²) in [5, 5.41) is 11.9. The lowest BCUT2D eigenvalue weighted by Crippen LogP contribution is -2.45. The summed E-state index contributed by atoms with van der Waals surface area (Å²) in [6, 6.07) is -2.27. The third-order valence-corrected chi connectivity index (χ3v) is 6.48. The first-order chi connectivity index (χ1) is 14.6. The Balaban J connectivity index is 2.22. The van der Waals surface area contributed by atoms with Gasteiger partial charge in [-0.25, -0.2) is 9.36 Å². The molecule has 0 bridgehead atoms. The maximum atomic E-state index is 13.4. The number of rotatable bonds is 6. The number of thiophene rings is 1. The highest BCUT2D eigenvalue weighted by Crippen LogP contribution is 2.32. The van der Waals surface area contributed by atoms with Crippen LogP contribution < -0.4 is 16.6 Å². The third kappa shape index (κ3) is 4.17. The first kappa shape index (κ1) is 22.8. The van der Waals surface area contributed by atoms with Gasteiger partial charge in [0, 0.05) is 25.1 Å². The van der Waals surface area contributed by atoms with E-state index in [0.717, 1.165) is 11.5 Å². The van der Waals surface area contributed by atoms with Crippen molar-refractivity contribution < 1.29 is 17.9 Å². The number of ether oxygens (including phenoxy) is 1. The fourth-order valence-corrected chi connectivity index (χ4v) is 4.77. The van der Waals surface area contributed by atoms with Crippen LogP contribution in [-0.4, -0.2) is 53.0 Å². The fourth-order valence-electron chi connectivity index (χ4n) is 3.43. The zero-order chi connectivity index (χ0) is 22.9. The van der Waals surface area contributed by atoms with E-state index < -0.39 is 23.5 Å². The van der Waals surface area contributed by atoms with E-state index in [1.165, 1.54) is 18.4 Å². The first-order valence-electron chi connectivity index (χ1n) is 9.40. The minimum absolute atomic E-state index is 0.00247. The van der Waals surface area contributed by atoms with Crippen LogP contribution >= 0.6 is 11.3 Å². The van der Waals surface area contributed by atoms with Gasteiger partial charge in [0.1, 0.15) is 10.9 Å². The molecule has 1 N–H and O–H groups in total. The average Bonchev–Trinajstić information content (AvgIpc) is 3.26. The van der Waals surface area contributed by atoms with Gasteiger partial charge in [-0.1, -0.05) is 0 Å². The monoisotopic (exact) mass is 458 g/mol. The van der Waals surface area contributed by atoms with Gasteiger partial charge in [-0.05, 0) is 19.4 Å². The van der Waals surface area contributed by atoms with Crippen LogP contribution in [0.3, 0.4) is 0 Å². The van der Waals surface area contributed by atoms with Crippen LogP contribution in [0.1, 0.15) is 23.4 Å². The molecule has 9 nitrogen and oxygen atoms in total. The number of aromatic nitrogens is 2. The second-order valence-corrected chi connectivity index (χ2v) is 8.12. The molecular formula is C18H21F3N6O3S. The Kier molecular flexibility index (Phi) is 6.42. The van der Waals surface area contributed by atoms with Crippen molar-refractivity contribution >= 4 is 27.5 Å². The molecule has 3 heterocycles. The molecule has 0 amide bonds. The average molecular weight is 458 g/mol. The molecule has 1 saturated heterocycles. The SMILES string of the molecule is COCCn1c(=O)n(C(C)C(F)(F)F)c(=O)c2c(C)c(CN3CCN/C3=N\C#N)sc21. The number of alkyl halides is 3. The van der Waals surface area contributed by atoms with Crippen molar-refractivity contribution in [3.63, 3.8) is 0 Å². The topological polar surface area (TPSA) is 105 Å². The highest BCUT2D eigenvalue weighted by Gasteiger charge is 2.40. The maximum absolute atomic E-state index is 13.4. The summed E-state index contributed by atoms with van der Waals surface area (Å²) in [7, 11) is 1.41. The van der Waals surface area contributed by atoms with Gasteiger partial charge in [0.2, 0.25) is 12.2 Å². The van der Waals surface area contributed by atoms with E-state index in [1.54, 1.807) is 18.0 Å². The van der Waals surface area contributed by atoms with E-state index in [-0.39, 0.29) is 23.1 Å². The van der Waals surface area contributed by atoms with E-state index in [9.17, 15) is 22.8 Å². The lowest BCUT2D eigenvalue weighted by molar-refractivity contribution is -0.164. The number of nitrogens with one attached hydrogen (secondary N) is 1. The molecule has 13 heteroatoms. The Morgan fingerprint density at radius 2 is 2.10 bits per heavy atom. The van der Waals surface area contributed by atoms with Crippen LogP contribution in [0.5, 0.6) is 0 Å². The molecule has 31 heavy (non-hydrogen) atoms. The molecule has 1 fully saturated rings. The molecule has 3 rings (SSSR count). The number of aliphatic imine (C=N–C) groups is 1. The molecular weight excluding hydrogens is 437 g/mol. The number of aryl methyl sites for hydroxylation is 1. The number of nitrogens with zero attached hydrogens (tertiary/aromatic N) is 5. The number of hydrogen-bond donors (Lipinski definition) is 1. The van der Waals surface area contributed by atoms with E-state index in [1.807, 2.05) is 0 Å². The predicted octanol–water partition coefficient (Wildman–Crippen LogP) is 1.55. The molecule has 0 aromatic carbocycles. The molecule has 1 aliphatic heterocycles. The quantitative estimate of drug-likeness (QED) is 0.659. The summed E-state index contributed by atoms with van der Waals surface area (Å²) in [6.45, 7) is 3.98. The lowest BCUT2D eigenvalue weighted by atomic mass is 10.2. The van der Waals surface area contributed by atoms with Gasteiger partial charge in [0.15, 0.2) is 0 Å². The number of halogens is 3. The van der Waals surface area contributed by atoms with Gasteiger partial charge in [-0.3, -0.25) is 9.36 Å². The Labute approximate surface area is 179 Å². The van der Waals surface area contributed by atoms with Crippen LogP contribution in [0, 0.1) is 18.4 Å². The smallest absolute Gasteiger partial charge is 0.383 e. The van der Waals surface area contributed by atoms with Crippen molar-refractivity contribution in [2.24, 2.45) is 4.99 Å². The molecule has 1 atom stereocenters. The summed E-state index contributed by atoms with van der Waals surface area (Å²) in [5.74, 6) is 0.388. The predicted molar refractivity (Wildman–Crippen MR) is 109 cm³/mol. The van der Waals surface area contributed by atoms with Crippen LogP contribution in [0.2, 0.25) is 0 Å². The highest BCUT2D eigenvalue weighted by atomic mass is 32.1. The summed E-state index contributed by atoms with van der Waals surface area (Å²) >= 11 is 1.17. The van der Waals surface area contributed by atoms with E-state index in [0.29, 0.717) is 40.9 Å². The maximum Gasteiger partial charge on any atom is 0.409 e. The Hall–Kier alpha value is -2.85. The van der Waals surface area contributed by atoms with Crippen molar-refractivity contribution in [2.75, 3.05) is 26.8 Å². The molecule has 0 radical (unpaired) electrons. The fraction of sp³-hybridized carbons (Fsp3) is 0.556. The molecule has 1 aliphatic rings. The second kappa shape index (κ2) is 8.72. The summed E-state index contributed by atoms with van der Waals surface area (Å²) in [5.41, 5.74) is -1.49. The number of fused-ring (bicyclic) bond motifs is 1. The Morgan fingerprint density at radius 1 is 1.39 bits per heavy atom. The number of guanidine groups is 1. The van der Waals surface area contributed by atoms with Crippen molar-refractivity contribution in [3.8, 4) is 6.19 Å². The molecule has 0 saturated carbocycles. The molecule has 168 valence electrons. The first-order valence-corrected chi connectivity index (χ1v) is 10.2. The van der Waals surface area contributed by atoms with Gasteiger partial charge in [-0.2, -0.15) is 18.4 Å². The van der Waals surface area contributed by atoms with Gasteiger partial charge in [-0.15, -0.1) is 16.3 Å². The summed E-state index contributed by atoms with van der Waals surface area (Å²) in [4.78, 5) is 32.5. The van der Waals surface area contributed by atoms with E-state index in [4.69, 9.17) is 10.00 Å². The summed E-state index contributed by atoms with van der Waals surface area (Å²) < 4.78 is 46.6. The van der Waals surface area contributed by atoms with Crippen molar-refractivity contribution in [3.05, 3.63) is 31.3 Å². The largest absolute Gasteiger partial charge is 0.409 e. The minimum atomic E-state index is -4.76. The minimum Gasteiger partial charge on any atom is -0.383 e. The van der Waals surface area contributed by atoms with Gasteiger partial charge >= 0.3 is 11.9 Å².